The van der Waals surface area contributed by atoms with E-state index < -0.39 is 12.1 Å². The highest BCUT2D eigenvalue weighted by molar-refractivity contribution is 5.94. The van der Waals surface area contributed by atoms with Crippen molar-refractivity contribution >= 4 is 17.6 Å². The van der Waals surface area contributed by atoms with Crippen molar-refractivity contribution in [3.05, 3.63) is 36.2 Å². The summed E-state index contributed by atoms with van der Waals surface area (Å²) in [5, 5.41) is 18.9. The Morgan fingerprint density at radius 2 is 2.16 bits per heavy atom. The van der Waals surface area contributed by atoms with Crippen molar-refractivity contribution in [3.63, 3.8) is 0 Å². The number of hydrogen-bond acceptors (Lipinski definition) is 6. The van der Waals surface area contributed by atoms with Crippen LogP contribution in [0.2, 0.25) is 0 Å². The van der Waals surface area contributed by atoms with E-state index in [1.165, 1.54) is 10.9 Å². The molecule has 1 atom stereocenters. The van der Waals surface area contributed by atoms with Gasteiger partial charge in [-0.3, -0.25) is 4.79 Å². The van der Waals surface area contributed by atoms with Gasteiger partial charge in [0.05, 0.1) is 25.1 Å². The number of anilines is 1. The van der Waals surface area contributed by atoms with E-state index in [0.717, 1.165) is 0 Å². The maximum atomic E-state index is 12.1. The molecule has 134 valence electrons. The predicted molar refractivity (Wildman–Crippen MR) is 88.9 cm³/mol. The molecule has 25 heavy (non-hydrogen) atoms. The smallest absolute Gasteiger partial charge is 0.358 e. The molecular weight excluding hydrogens is 328 g/mol. The van der Waals surface area contributed by atoms with Gasteiger partial charge in [0.2, 0.25) is 0 Å². The normalized spacial score (nSPS) is 11.9. The predicted octanol–water partition coefficient (Wildman–Crippen LogP) is 1.35. The second-order valence-electron chi connectivity index (χ2n) is 5.10. The molecule has 2 N–H and O–H groups in total. The monoisotopic (exact) mass is 348 g/mol. The molecule has 0 saturated heterocycles. The Hall–Kier alpha value is -2.78. The van der Waals surface area contributed by atoms with Gasteiger partial charge in [0.1, 0.15) is 6.10 Å². The molecule has 9 heteroatoms. The number of carboxylic acid groups (broad SMARTS) is 1. The minimum absolute atomic E-state index is 0.161. The lowest BCUT2D eigenvalue weighted by molar-refractivity contribution is -0.127. The molecule has 0 fully saturated rings. The fraction of sp³-hybridized carbons (Fsp3) is 0.375. The van der Waals surface area contributed by atoms with Gasteiger partial charge in [-0.1, -0.05) is 11.3 Å². The quantitative estimate of drug-likeness (QED) is 0.657. The fourth-order valence-corrected chi connectivity index (χ4v) is 1.96. The molecule has 0 saturated carbocycles. The number of nitrogens with zero attached hydrogens (tertiary/aromatic N) is 3. The second-order valence-corrected chi connectivity index (χ2v) is 5.10. The summed E-state index contributed by atoms with van der Waals surface area (Å²) >= 11 is 0. The molecule has 0 spiro atoms. The Bertz CT molecular complexity index is 731. The van der Waals surface area contributed by atoms with Crippen LogP contribution in [0.4, 0.5) is 5.69 Å². The molecule has 1 heterocycles. The zero-order chi connectivity index (χ0) is 18.2. The van der Waals surface area contributed by atoms with Crippen LogP contribution in [-0.2, 0) is 14.3 Å². The van der Waals surface area contributed by atoms with Crippen molar-refractivity contribution in [1.29, 1.82) is 0 Å². The molecule has 2 aromatic rings. The van der Waals surface area contributed by atoms with E-state index >= 15 is 0 Å². The van der Waals surface area contributed by atoms with Crippen LogP contribution in [0.5, 0.6) is 0 Å². The first-order valence-corrected chi connectivity index (χ1v) is 7.77. The standard InChI is InChI=1S/C16H20N4O5/c1-3-24-7-8-25-11(2)15(21)17-12-5-4-6-13(9-12)20-10-14(16(22)23)18-19-20/h4-6,9-11H,3,7-8H2,1-2H3,(H,17,21)(H,22,23). The van der Waals surface area contributed by atoms with Crippen molar-refractivity contribution in [2.75, 3.05) is 25.1 Å². The molecule has 0 aliphatic heterocycles. The van der Waals surface area contributed by atoms with Gasteiger partial charge >= 0.3 is 5.97 Å². The Kier molecular flexibility index (Phi) is 6.61. The van der Waals surface area contributed by atoms with Crippen LogP contribution in [0.1, 0.15) is 24.3 Å². The number of nitrogens with one attached hydrogen (secondary N) is 1. The summed E-state index contributed by atoms with van der Waals surface area (Å²) in [6.45, 7) is 4.91. The zero-order valence-electron chi connectivity index (χ0n) is 14.0. The van der Waals surface area contributed by atoms with Crippen molar-refractivity contribution in [3.8, 4) is 5.69 Å². The van der Waals surface area contributed by atoms with E-state index in [1.54, 1.807) is 31.2 Å². The molecule has 1 amide bonds. The van der Waals surface area contributed by atoms with E-state index in [1.807, 2.05) is 6.92 Å². The average molecular weight is 348 g/mol. The number of aromatic nitrogens is 3. The van der Waals surface area contributed by atoms with Gasteiger partial charge in [0.25, 0.3) is 5.91 Å². The van der Waals surface area contributed by atoms with Gasteiger partial charge < -0.3 is 19.9 Å². The van der Waals surface area contributed by atoms with Crippen molar-refractivity contribution in [2.45, 2.75) is 20.0 Å². The molecule has 1 unspecified atom stereocenters. The number of ether oxygens (including phenoxy) is 2. The first-order valence-electron chi connectivity index (χ1n) is 7.77. The Morgan fingerprint density at radius 3 is 2.84 bits per heavy atom. The number of hydrogen-bond donors (Lipinski definition) is 2. The minimum atomic E-state index is -1.16. The van der Waals surface area contributed by atoms with Crippen LogP contribution in [0.15, 0.2) is 30.5 Å². The topological polar surface area (TPSA) is 116 Å². The van der Waals surface area contributed by atoms with Gasteiger partial charge in [0.15, 0.2) is 5.69 Å². The summed E-state index contributed by atoms with van der Waals surface area (Å²) in [6.07, 6.45) is 0.664. The SMILES string of the molecule is CCOCCOC(C)C(=O)Nc1cccc(-n2cc(C(=O)O)nn2)c1. The van der Waals surface area contributed by atoms with E-state index in [9.17, 15) is 9.59 Å². The molecule has 0 aliphatic rings. The summed E-state index contributed by atoms with van der Waals surface area (Å²) in [5.41, 5.74) is 0.948. The van der Waals surface area contributed by atoms with Crippen LogP contribution >= 0.6 is 0 Å². The third-order valence-corrected chi connectivity index (χ3v) is 3.26. The highest BCUT2D eigenvalue weighted by Gasteiger charge is 2.14. The van der Waals surface area contributed by atoms with E-state index in [2.05, 4.69) is 15.6 Å². The van der Waals surface area contributed by atoms with Gasteiger partial charge in [0, 0.05) is 12.3 Å². The Balaban J connectivity index is 1.98. The van der Waals surface area contributed by atoms with E-state index in [4.69, 9.17) is 14.6 Å². The highest BCUT2D eigenvalue weighted by Crippen LogP contribution is 2.15. The number of amides is 1. The van der Waals surface area contributed by atoms with Gasteiger partial charge in [-0.2, -0.15) is 0 Å². The Labute approximate surface area is 144 Å². The van der Waals surface area contributed by atoms with Crippen molar-refractivity contribution in [2.24, 2.45) is 0 Å². The second kappa shape index (κ2) is 8.90. The molecule has 0 bridgehead atoms. The first-order chi connectivity index (χ1) is 12.0. The van der Waals surface area contributed by atoms with Crippen molar-refractivity contribution in [1.82, 2.24) is 15.0 Å². The number of carbonyl (C=O) groups is 2. The summed E-state index contributed by atoms with van der Waals surface area (Å²) in [4.78, 5) is 23.0. The van der Waals surface area contributed by atoms with Crippen LogP contribution in [0, 0.1) is 0 Å². The number of carbonyl (C=O) groups excluding carboxylic acids is 1. The molecule has 0 radical (unpaired) electrons. The maximum Gasteiger partial charge on any atom is 0.358 e. The summed E-state index contributed by atoms with van der Waals surface area (Å²) < 4.78 is 11.9. The van der Waals surface area contributed by atoms with Gasteiger partial charge in [-0.05, 0) is 32.0 Å². The van der Waals surface area contributed by atoms with Crippen LogP contribution in [-0.4, -0.2) is 57.9 Å². The summed E-state index contributed by atoms with van der Waals surface area (Å²) in [6, 6.07) is 6.81. The van der Waals surface area contributed by atoms with Crippen molar-refractivity contribution < 1.29 is 24.2 Å². The molecule has 2 rings (SSSR count). The molecular formula is C16H20N4O5. The largest absolute Gasteiger partial charge is 0.476 e. The lowest BCUT2D eigenvalue weighted by Gasteiger charge is -2.14. The average Bonchev–Trinajstić information content (AvgIpc) is 3.09. The maximum absolute atomic E-state index is 12.1. The lowest BCUT2D eigenvalue weighted by atomic mass is 10.2. The minimum Gasteiger partial charge on any atom is -0.476 e. The number of rotatable bonds is 9. The molecule has 0 aliphatic carbocycles. The molecule has 9 nitrogen and oxygen atoms in total. The van der Waals surface area contributed by atoms with Crippen LogP contribution in [0.25, 0.3) is 5.69 Å². The van der Waals surface area contributed by atoms with Crippen LogP contribution < -0.4 is 5.32 Å². The highest BCUT2D eigenvalue weighted by atomic mass is 16.5. The third-order valence-electron chi connectivity index (χ3n) is 3.26. The lowest BCUT2D eigenvalue weighted by Crippen LogP contribution is -2.28. The zero-order valence-corrected chi connectivity index (χ0v) is 14.0. The number of benzene rings is 1. The summed E-state index contributed by atoms with van der Waals surface area (Å²) in [5.74, 6) is -1.45. The van der Waals surface area contributed by atoms with E-state index in [0.29, 0.717) is 31.2 Å². The van der Waals surface area contributed by atoms with Gasteiger partial charge in [-0.15, -0.1) is 5.10 Å². The first kappa shape index (κ1) is 18.6. The summed E-state index contributed by atoms with van der Waals surface area (Å²) in [7, 11) is 0. The van der Waals surface area contributed by atoms with E-state index in [-0.39, 0.29) is 11.6 Å². The Morgan fingerprint density at radius 1 is 1.36 bits per heavy atom. The van der Waals surface area contributed by atoms with Crippen LogP contribution in [0.3, 0.4) is 0 Å². The number of aromatic carboxylic acids is 1. The fourth-order valence-electron chi connectivity index (χ4n) is 1.96. The van der Waals surface area contributed by atoms with Gasteiger partial charge in [-0.25, -0.2) is 9.48 Å². The molecule has 1 aromatic carbocycles. The third kappa shape index (κ3) is 5.37. The number of carboxylic acids is 1. The molecule has 1 aromatic heterocycles.